The maximum absolute atomic E-state index is 11.8. The van der Waals surface area contributed by atoms with Crippen molar-refractivity contribution in [3.8, 4) is 0 Å². The largest absolute Gasteiger partial charge is 0.389 e. The lowest BCUT2D eigenvalue weighted by molar-refractivity contribution is -0.135. The molecule has 1 aromatic heterocycles. The van der Waals surface area contributed by atoms with Crippen LogP contribution in [0.25, 0.3) is 0 Å². The Bertz CT molecular complexity index is 280. The van der Waals surface area contributed by atoms with Gasteiger partial charge in [0, 0.05) is 25.4 Å². The monoisotopic (exact) mass is 207 g/mol. The predicted octanol–water partition coefficient (Wildman–Crippen LogP) is 2.20. The summed E-state index contributed by atoms with van der Waals surface area (Å²) in [5.41, 5.74) is 5.44. The molecule has 0 aliphatic rings. The van der Waals surface area contributed by atoms with E-state index in [4.69, 9.17) is 5.73 Å². The van der Waals surface area contributed by atoms with Gasteiger partial charge in [-0.1, -0.05) is 0 Å². The van der Waals surface area contributed by atoms with Crippen LogP contribution < -0.4 is 5.73 Å². The van der Waals surface area contributed by atoms with Crippen LogP contribution in [0.5, 0.6) is 0 Å². The van der Waals surface area contributed by atoms with Crippen molar-refractivity contribution in [1.29, 1.82) is 0 Å². The summed E-state index contributed by atoms with van der Waals surface area (Å²) in [6.07, 6.45) is -1.02. The van der Waals surface area contributed by atoms with Gasteiger partial charge in [0.15, 0.2) is 5.95 Å². The first-order valence-corrected chi connectivity index (χ1v) is 4.32. The van der Waals surface area contributed by atoms with Gasteiger partial charge in [0.2, 0.25) is 0 Å². The van der Waals surface area contributed by atoms with Crippen LogP contribution in [-0.2, 0) is 6.54 Å². The molecule has 0 amide bonds. The van der Waals surface area contributed by atoms with Crippen molar-refractivity contribution in [3.05, 3.63) is 12.4 Å². The summed E-state index contributed by atoms with van der Waals surface area (Å²) in [6, 6.07) is 0. The fourth-order valence-electron chi connectivity index (χ4n) is 1.14. The Morgan fingerprint density at radius 3 is 2.57 bits per heavy atom. The molecular formula is C8H12F3N3. The second kappa shape index (κ2) is 4.34. The molecule has 0 aliphatic heterocycles. The SMILES string of the molecule is Nc1nccn1CCCCC(F)(F)F. The molecule has 0 spiro atoms. The molecule has 0 saturated heterocycles. The van der Waals surface area contributed by atoms with Gasteiger partial charge in [-0.15, -0.1) is 0 Å². The molecule has 3 nitrogen and oxygen atoms in total. The fourth-order valence-corrected chi connectivity index (χ4v) is 1.14. The molecule has 1 heterocycles. The highest BCUT2D eigenvalue weighted by Gasteiger charge is 2.25. The third-order valence-corrected chi connectivity index (χ3v) is 1.86. The normalized spacial score (nSPS) is 11.9. The molecule has 1 rings (SSSR count). The zero-order valence-corrected chi connectivity index (χ0v) is 7.59. The van der Waals surface area contributed by atoms with Crippen molar-refractivity contribution in [2.45, 2.75) is 32.0 Å². The minimum absolute atomic E-state index is 0.126. The number of hydrogen-bond donors (Lipinski definition) is 1. The van der Waals surface area contributed by atoms with Crippen LogP contribution in [0.2, 0.25) is 0 Å². The molecule has 0 fully saturated rings. The number of imidazole rings is 1. The summed E-state index contributed by atoms with van der Waals surface area (Å²) in [5.74, 6) is 0.344. The molecule has 0 radical (unpaired) electrons. The summed E-state index contributed by atoms with van der Waals surface area (Å²) < 4.78 is 36.9. The minimum Gasteiger partial charge on any atom is -0.369 e. The van der Waals surface area contributed by atoms with Gasteiger partial charge in [-0.05, 0) is 12.8 Å². The highest BCUT2D eigenvalue weighted by Crippen LogP contribution is 2.22. The second-order valence-electron chi connectivity index (χ2n) is 3.05. The average Bonchev–Trinajstić information content (AvgIpc) is 2.44. The summed E-state index contributed by atoms with van der Waals surface area (Å²) in [4.78, 5) is 3.76. The maximum Gasteiger partial charge on any atom is 0.389 e. The number of halogens is 3. The van der Waals surface area contributed by atoms with E-state index >= 15 is 0 Å². The van der Waals surface area contributed by atoms with Crippen LogP contribution in [0, 0.1) is 0 Å². The first-order valence-electron chi connectivity index (χ1n) is 4.32. The summed E-state index contributed by atoms with van der Waals surface area (Å²) in [5, 5.41) is 0. The highest BCUT2D eigenvalue weighted by molar-refractivity contribution is 5.16. The van der Waals surface area contributed by atoms with Gasteiger partial charge in [-0.2, -0.15) is 13.2 Å². The summed E-state index contributed by atoms with van der Waals surface area (Å²) in [6.45, 7) is 0.488. The van der Waals surface area contributed by atoms with Crippen molar-refractivity contribution in [3.63, 3.8) is 0 Å². The zero-order chi connectivity index (χ0) is 10.6. The predicted molar refractivity (Wildman–Crippen MR) is 46.5 cm³/mol. The Kier molecular flexibility index (Phi) is 3.38. The molecule has 80 valence electrons. The third-order valence-electron chi connectivity index (χ3n) is 1.86. The van der Waals surface area contributed by atoms with E-state index in [2.05, 4.69) is 4.98 Å². The van der Waals surface area contributed by atoms with E-state index in [0.29, 0.717) is 18.9 Å². The average molecular weight is 207 g/mol. The molecule has 0 aliphatic carbocycles. The Morgan fingerprint density at radius 1 is 1.36 bits per heavy atom. The van der Waals surface area contributed by atoms with Crippen molar-refractivity contribution >= 4 is 5.95 Å². The number of hydrogen-bond acceptors (Lipinski definition) is 2. The van der Waals surface area contributed by atoms with Crippen LogP contribution in [0.4, 0.5) is 19.1 Å². The lowest BCUT2D eigenvalue weighted by atomic mass is 10.2. The Balaban J connectivity index is 2.20. The van der Waals surface area contributed by atoms with E-state index < -0.39 is 12.6 Å². The summed E-state index contributed by atoms with van der Waals surface area (Å²) >= 11 is 0. The van der Waals surface area contributed by atoms with E-state index in [0.717, 1.165) is 0 Å². The number of anilines is 1. The molecule has 1 aromatic rings. The van der Waals surface area contributed by atoms with E-state index in [1.54, 1.807) is 10.8 Å². The van der Waals surface area contributed by atoms with Crippen molar-refractivity contribution in [2.75, 3.05) is 5.73 Å². The van der Waals surface area contributed by atoms with Crippen molar-refractivity contribution in [1.82, 2.24) is 9.55 Å². The standard InChI is InChI=1S/C8H12F3N3/c9-8(10,11)3-1-2-5-14-6-4-13-7(14)12/h4,6H,1-3,5H2,(H2,12,13). The van der Waals surface area contributed by atoms with Crippen LogP contribution in [0.1, 0.15) is 19.3 Å². The number of rotatable bonds is 4. The van der Waals surface area contributed by atoms with Crippen molar-refractivity contribution in [2.24, 2.45) is 0 Å². The number of aryl methyl sites for hydroxylation is 1. The molecule has 0 atom stereocenters. The van der Waals surface area contributed by atoms with Crippen LogP contribution in [0.15, 0.2) is 12.4 Å². The fraction of sp³-hybridized carbons (Fsp3) is 0.625. The molecule has 6 heteroatoms. The van der Waals surface area contributed by atoms with Crippen LogP contribution in [-0.4, -0.2) is 15.7 Å². The highest BCUT2D eigenvalue weighted by atomic mass is 19.4. The van der Waals surface area contributed by atoms with Gasteiger partial charge >= 0.3 is 6.18 Å². The molecule has 0 aromatic carbocycles. The molecule has 14 heavy (non-hydrogen) atoms. The number of nitrogen functional groups attached to an aromatic ring is 1. The molecule has 0 bridgehead atoms. The number of nitrogens with two attached hydrogens (primary N) is 1. The smallest absolute Gasteiger partial charge is 0.369 e. The first-order chi connectivity index (χ1) is 6.49. The second-order valence-corrected chi connectivity index (χ2v) is 3.05. The Labute approximate surface area is 79.7 Å². The Morgan fingerprint density at radius 2 is 2.07 bits per heavy atom. The van der Waals surface area contributed by atoms with E-state index in [9.17, 15) is 13.2 Å². The van der Waals surface area contributed by atoms with Crippen molar-refractivity contribution < 1.29 is 13.2 Å². The molecule has 0 saturated carbocycles. The van der Waals surface area contributed by atoms with Gasteiger partial charge in [0.1, 0.15) is 0 Å². The number of nitrogens with zero attached hydrogens (tertiary/aromatic N) is 2. The van der Waals surface area contributed by atoms with Gasteiger partial charge in [0.05, 0.1) is 0 Å². The van der Waals surface area contributed by atoms with Gasteiger partial charge in [0.25, 0.3) is 0 Å². The van der Waals surface area contributed by atoms with Gasteiger partial charge in [-0.3, -0.25) is 0 Å². The maximum atomic E-state index is 11.8. The molecule has 0 unspecified atom stereocenters. The van der Waals surface area contributed by atoms with Gasteiger partial charge in [-0.25, -0.2) is 4.98 Å². The molecule has 2 N–H and O–H groups in total. The topological polar surface area (TPSA) is 43.8 Å². The zero-order valence-electron chi connectivity index (χ0n) is 7.59. The first kappa shape index (κ1) is 10.9. The van der Waals surface area contributed by atoms with E-state index in [-0.39, 0.29) is 6.42 Å². The lowest BCUT2D eigenvalue weighted by Gasteiger charge is -2.06. The summed E-state index contributed by atoms with van der Waals surface area (Å²) in [7, 11) is 0. The lowest BCUT2D eigenvalue weighted by Crippen LogP contribution is -2.08. The van der Waals surface area contributed by atoms with Gasteiger partial charge < -0.3 is 10.3 Å². The quantitative estimate of drug-likeness (QED) is 0.769. The number of unbranched alkanes of at least 4 members (excludes halogenated alkanes) is 1. The minimum atomic E-state index is -4.06. The van der Waals surface area contributed by atoms with Crippen LogP contribution >= 0.6 is 0 Å². The number of alkyl halides is 3. The number of aromatic nitrogens is 2. The third kappa shape index (κ3) is 3.68. The van der Waals surface area contributed by atoms with E-state index in [1.807, 2.05) is 0 Å². The van der Waals surface area contributed by atoms with Crippen LogP contribution in [0.3, 0.4) is 0 Å². The Hall–Kier alpha value is -1.20. The molecular weight excluding hydrogens is 195 g/mol. The van der Waals surface area contributed by atoms with E-state index in [1.165, 1.54) is 6.20 Å².